The molecule has 0 fully saturated rings. The summed E-state index contributed by atoms with van der Waals surface area (Å²) in [6.45, 7) is 1.08. The third-order valence-electron chi connectivity index (χ3n) is 2.26. The van der Waals surface area contributed by atoms with E-state index in [1.807, 2.05) is 0 Å². The van der Waals surface area contributed by atoms with Crippen LogP contribution in [0.25, 0.3) is 0 Å². The molecule has 1 aromatic rings. The van der Waals surface area contributed by atoms with Gasteiger partial charge in [0, 0.05) is 18.7 Å². The molecule has 4 heteroatoms. The lowest BCUT2D eigenvalue weighted by Crippen LogP contribution is -2.31. The SMILES string of the molecule is CC(=O)O.CN(C)C(CS)Cc1ccccc1. The average molecular weight is 255 g/mol. The van der Waals surface area contributed by atoms with Gasteiger partial charge in [-0.25, -0.2) is 0 Å². The molecule has 0 aliphatic rings. The van der Waals surface area contributed by atoms with Gasteiger partial charge in [0.05, 0.1) is 0 Å². The largest absolute Gasteiger partial charge is 0.481 e. The Morgan fingerprint density at radius 2 is 1.82 bits per heavy atom. The van der Waals surface area contributed by atoms with Gasteiger partial charge in [-0.1, -0.05) is 30.3 Å². The molecule has 0 amide bonds. The van der Waals surface area contributed by atoms with Crippen LogP contribution in [0.1, 0.15) is 12.5 Å². The Kier molecular flexibility index (Phi) is 8.54. The molecule has 0 aliphatic heterocycles. The summed E-state index contributed by atoms with van der Waals surface area (Å²) in [6, 6.07) is 11.1. The minimum Gasteiger partial charge on any atom is -0.481 e. The zero-order valence-electron chi connectivity index (χ0n) is 10.6. The van der Waals surface area contributed by atoms with Gasteiger partial charge in [0.15, 0.2) is 0 Å². The van der Waals surface area contributed by atoms with Crippen molar-refractivity contribution in [3.8, 4) is 0 Å². The van der Waals surface area contributed by atoms with Gasteiger partial charge in [-0.15, -0.1) is 0 Å². The van der Waals surface area contributed by atoms with Crippen LogP contribution in [-0.4, -0.2) is 41.9 Å². The quantitative estimate of drug-likeness (QED) is 0.810. The second-order valence-electron chi connectivity index (χ2n) is 4.01. The summed E-state index contributed by atoms with van der Waals surface area (Å²) < 4.78 is 0. The van der Waals surface area contributed by atoms with Gasteiger partial charge in [-0.2, -0.15) is 12.6 Å². The molecule has 0 spiro atoms. The molecule has 0 radical (unpaired) electrons. The zero-order valence-corrected chi connectivity index (χ0v) is 11.5. The van der Waals surface area contributed by atoms with Crippen molar-refractivity contribution >= 4 is 18.6 Å². The Morgan fingerprint density at radius 1 is 1.35 bits per heavy atom. The van der Waals surface area contributed by atoms with Gasteiger partial charge in [0.1, 0.15) is 0 Å². The molecule has 1 N–H and O–H groups in total. The lowest BCUT2D eigenvalue weighted by atomic mass is 10.1. The normalized spacial score (nSPS) is 11.6. The first-order valence-corrected chi connectivity index (χ1v) is 6.11. The van der Waals surface area contributed by atoms with E-state index in [0.29, 0.717) is 6.04 Å². The van der Waals surface area contributed by atoms with Gasteiger partial charge in [-0.3, -0.25) is 4.79 Å². The molecule has 3 nitrogen and oxygen atoms in total. The van der Waals surface area contributed by atoms with Gasteiger partial charge in [0.25, 0.3) is 5.97 Å². The molecule has 0 aromatic heterocycles. The van der Waals surface area contributed by atoms with Crippen LogP contribution in [0.3, 0.4) is 0 Å². The minimum absolute atomic E-state index is 0.533. The van der Waals surface area contributed by atoms with E-state index in [1.54, 1.807) is 0 Å². The molecule has 0 saturated carbocycles. The number of hydrogen-bond acceptors (Lipinski definition) is 3. The number of hydrogen-bond donors (Lipinski definition) is 2. The van der Waals surface area contributed by atoms with Crippen LogP contribution in [0, 0.1) is 0 Å². The molecule has 0 heterocycles. The van der Waals surface area contributed by atoms with Crippen LogP contribution in [0.4, 0.5) is 0 Å². The maximum absolute atomic E-state index is 9.00. The van der Waals surface area contributed by atoms with Crippen molar-refractivity contribution in [3.63, 3.8) is 0 Å². The van der Waals surface area contributed by atoms with Crippen molar-refractivity contribution in [2.24, 2.45) is 0 Å². The zero-order chi connectivity index (χ0) is 13.3. The Balaban J connectivity index is 0.000000557. The fourth-order valence-electron chi connectivity index (χ4n) is 1.30. The number of rotatable bonds is 4. The predicted octanol–water partition coefficient (Wildman–Crippen LogP) is 2.18. The van der Waals surface area contributed by atoms with Crippen molar-refractivity contribution in [3.05, 3.63) is 35.9 Å². The third-order valence-corrected chi connectivity index (χ3v) is 2.68. The highest BCUT2D eigenvalue weighted by molar-refractivity contribution is 7.80. The topological polar surface area (TPSA) is 40.5 Å². The summed E-state index contributed by atoms with van der Waals surface area (Å²) in [4.78, 5) is 11.2. The van der Waals surface area contributed by atoms with Crippen molar-refractivity contribution in [1.82, 2.24) is 4.90 Å². The number of carbonyl (C=O) groups is 1. The highest BCUT2D eigenvalue weighted by Crippen LogP contribution is 2.07. The molecule has 1 unspecified atom stereocenters. The highest BCUT2D eigenvalue weighted by atomic mass is 32.1. The molecule has 17 heavy (non-hydrogen) atoms. The predicted molar refractivity (Wildman–Crippen MR) is 74.8 cm³/mol. The number of carboxylic acids is 1. The van der Waals surface area contributed by atoms with E-state index in [0.717, 1.165) is 19.1 Å². The maximum Gasteiger partial charge on any atom is 0.300 e. The van der Waals surface area contributed by atoms with E-state index in [1.165, 1.54) is 5.56 Å². The van der Waals surface area contributed by atoms with Crippen LogP contribution < -0.4 is 0 Å². The van der Waals surface area contributed by atoms with E-state index in [4.69, 9.17) is 9.90 Å². The van der Waals surface area contributed by atoms with Crippen molar-refractivity contribution < 1.29 is 9.90 Å². The van der Waals surface area contributed by atoms with Gasteiger partial charge >= 0.3 is 0 Å². The molecular formula is C13H21NO2S. The summed E-state index contributed by atoms with van der Waals surface area (Å²) in [5, 5.41) is 7.42. The maximum atomic E-state index is 9.00. The van der Waals surface area contributed by atoms with E-state index in [9.17, 15) is 0 Å². The molecule has 0 bridgehead atoms. The Hall–Kier alpha value is -1.00. The number of carboxylic acid groups (broad SMARTS) is 1. The van der Waals surface area contributed by atoms with E-state index >= 15 is 0 Å². The lowest BCUT2D eigenvalue weighted by molar-refractivity contribution is -0.134. The first-order chi connectivity index (χ1) is 7.97. The van der Waals surface area contributed by atoms with Crippen molar-refractivity contribution in [1.29, 1.82) is 0 Å². The van der Waals surface area contributed by atoms with E-state index < -0.39 is 5.97 Å². The molecule has 0 saturated heterocycles. The number of benzene rings is 1. The second-order valence-corrected chi connectivity index (χ2v) is 4.37. The summed E-state index contributed by atoms with van der Waals surface area (Å²) in [5.41, 5.74) is 1.38. The Bertz CT molecular complexity index is 310. The number of likely N-dealkylation sites (N-methyl/N-ethyl adjacent to an activating group) is 1. The summed E-state index contributed by atoms with van der Waals surface area (Å²) >= 11 is 4.34. The fraction of sp³-hybridized carbons (Fsp3) is 0.462. The molecule has 1 rings (SSSR count). The Morgan fingerprint density at radius 3 is 2.18 bits per heavy atom. The van der Waals surface area contributed by atoms with Crippen LogP contribution >= 0.6 is 12.6 Å². The monoisotopic (exact) mass is 255 g/mol. The minimum atomic E-state index is -0.833. The van der Waals surface area contributed by atoms with Gasteiger partial charge in [0.2, 0.25) is 0 Å². The van der Waals surface area contributed by atoms with Gasteiger partial charge in [-0.05, 0) is 26.1 Å². The van der Waals surface area contributed by atoms with E-state index in [-0.39, 0.29) is 0 Å². The number of nitrogens with zero attached hydrogens (tertiary/aromatic N) is 1. The molecule has 1 aromatic carbocycles. The fourth-order valence-corrected chi connectivity index (χ4v) is 1.75. The first-order valence-electron chi connectivity index (χ1n) is 5.48. The molecule has 0 aliphatic carbocycles. The number of thiol groups is 1. The summed E-state index contributed by atoms with van der Waals surface area (Å²) in [7, 11) is 4.20. The van der Waals surface area contributed by atoms with Crippen LogP contribution in [0.15, 0.2) is 30.3 Å². The molecule has 1 atom stereocenters. The molecule has 96 valence electrons. The molecular weight excluding hydrogens is 234 g/mol. The summed E-state index contributed by atoms with van der Waals surface area (Å²) in [5.74, 6) is 0.0713. The van der Waals surface area contributed by atoms with E-state index in [2.05, 4.69) is 62.0 Å². The summed E-state index contributed by atoms with van der Waals surface area (Å²) in [6.07, 6.45) is 1.08. The second kappa shape index (κ2) is 9.07. The lowest BCUT2D eigenvalue weighted by Gasteiger charge is -2.22. The Labute approximate surface area is 109 Å². The van der Waals surface area contributed by atoms with Crippen molar-refractivity contribution in [2.75, 3.05) is 19.8 Å². The van der Waals surface area contributed by atoms with Crippen molar-refractivity contribution in [2.45, 2.75) is 19.4 Å². The standard InChI is InChI=1S/C11H17NS.C2H4O2/c1-12(2)11(9-13)8-10-6-4-3-5-7-10;1-2(3)4/h3-7,11,13H,8-9H2,1-2H3;1H3,(H,3,4). The van der Waals surface area contributed by atoms with Gasteiger partial charge < -0.3 is 10.0 Å². The number of aliphatic carboxylic acids is 1. The average Bonchev–Trinajstić information content (AvgIpc) is 2.26. The van der Waals surface area contributed by atoms with Crippen LogP contribution in [0.2, 0.25) is 0 Å². The van der Waals surface area contributed by atoms with Crippen LogP contribution in [-0.2, 0) is 11.2 Å². The first kappa shape index (κ1) is 16.0. The smallest absolute Gasteiger partial charge is 0.300 e. The highest BCUT2D eigenvalue weighted by Gasteiger charge is 2.09. The third kappa shape index (κ3) is 8.77. The van der Waals surface area contributed by atoms with Crippen LogP contribution in [0.5, 0.6) is 0 Å².